The van der Waals surface area contributed by atoms with Crippen molar-refractivity contribution in [2.24, 2.45) is 0 Å². The topological polar surface area (TPSA) is 67.9 Å². The number of hydrogen-bond acceptors (Lipinski definition) is 5. The maximum Gasteiger partial charge on any atom is 0.228 e. The Balaban J connectivity index is 1.94. The summed E-state index contributed by atoms with van der Waals surface area (Å²) in [6, 6.07) is 12.2. The minimum atomic E-state index is -0.258. The molecule has 0 aliphatic heterocycles. The fourth-order valence-electron chi connectivity index (χ4n) is 2.47. The summed E-state index contributed by atoms with van der Waals surface area (Å²) >= 11 is 0. The third-order valence-electron chi connectivity index (χ3n) is 4.06. The van der Waals surface area contributed by atoms with E-state index in [0.29, 0.717) is 24.9 Å². The molecule has 0 unspecified atom stereocenters. The highest BCUT2D eigenvalue weighted by molar-refractivity contribution is 5.47. The Kier molecular flexibility index (Phi) is 4.88. The first kappa shape index (κ1) is 16.8. The molecule has 0 aliphatic rings. The quantitative estimate of drug-likeness (QED) is 0.773. The summed E-state index contributed by atoms with van der Waals surface area (Å²) in [4.78, 5) is 15.4. The van der Waals surface area contributed by atoms with Crippen molar-refractivity contribution in [1.29, 1.82) is 0 Å². The maximum absolute atomic E-state index is 13.2. The van der Waals surface area contributed by atoms with E-state index in [0.717, 1.165) is 22.5 Å². The van der Waals surface area contributed by atoms with Gasteiger partial charge in [-0.3, -0.25) is 4.98 Å². The summed E-state index contributed by atoms with van der Waals surface area (Å²) in [7, 11) is 0. The standard InChI is InChI=1S/C19H20FN5/c1-13-14(2)23-19(24-18(13)21)25(12-17-5-3-4-10-22-17)11-15-6-8-16(20)9-7-15/h3-10H,11-12H2,1-2H3,(H2,21,23,24). The molecule has 0 radical (unpaired) electrons. The van der Waals surface area contributed by atoms with E-state index in [-0.39, 0.29) is 5.82 Å². The number of hydrogen-bond donors (Lipinski definition) is 1. The Morgan fingerprint density at radius 1 is 1.00 bits per heavy atom. The molecule has 0 atom stereocenters. The first-order valence-electron chi connectivity index (χ1n) is 8.03. The summed E-state index contributed by atoms with van der Waals surface area (Å²) in [5.74, 6) is 0.745. The van der Waals surface area contributed by atoms with Crippen LogP contribution in [0, 0.1) is 19.7 Å². The monoisotopic (exact) mass is 337 g/mol. The van der Waals surface area contributed by atoms with Gasteiger partial charge in [-0.05, 0) is 43.7 Å². The second-order valence-electron chi connectivity index (χ2n) is 5.92. The van der Waals surface area contributed by atoms with Gasteiger partial charge in [0.05, 0.1) is 12.2 Å². The van der Waals surface area contributed by atoms with Crippen LogP contribution in [0.15, 0.2) is 48.7 Å². The Bertz CT molecular complexity index is 826. The fraction of sp³-hybridized carbons (Fsp3) is 0.211. The molecule has 0 fully saturated rings. The van der Waals surface area contributed by atoms with Crippen LogP contribution in [0.25, 0.3) is 0 Å². The van der Waals surface area contributed by atoms with Gasteiger partial charge >= 0.3 is 0 Å². The van der Waals surface area contributed by atoms with E-state index < -0.39 is 0 Å². The van der Waals surface area contributed by atoms with Gasteiger partial charge in [0.15, 0.2) is 0 Å². The lowest BCUT2D eigenvalue weighted by Gasteiger charge is -2.23. The molecule has 2 heterocycles. The number of pyridine rings is 1. The van der Waals surface area contributed by atoms with Gasteiger partial charge in [-0.25, -0.2) is 9.37 Å². The Labute approximate surface area is 146 Å². The summed E-state index contributed by atoms with van der Waals surface area (Å²) in [5, 5.41) is 0. The molecule has 1 aromatic carbocycles. The number of anilines is 2. The Morgan fingerprint density at radius 3 is 2.40 bits per heavy atom. The molecule has 128 valence electrons. The second-order valence-corrected chi connectivity index (χ2v) is 5.92. The molecular formula is C19H20FN5. The van der Waals surface area contributed by atoms with Crippen molar-refractivity contribution in [1.82, 2.24) is 15.0 Å². The lowest BCUT2D eigenvalue weighted by Crippen LogP contribution is -2.25. The molecule has 0 amide bonds. The van der Waals surface area contributed by atoms with Gasteiger partial charge in [-0.1, -0.05) is 18.2 Å². The van der Waals surface area contributed by atoms with Crippen molar-refractivity contribution >= 4 is 11.8 Å². The fourth-order valence-corrected chi connectivity index (χ4v) is 2.47. The normalized spacial score (nSPS) is 10.7. The lowest BCUT2D eigenvalue weighted by molar-refractivity contribution is 0.626. The number of nitrogens with two attached hydrogens (primary N) is 1. The van der Waals surface area contributed by atoms with Gasteiger partial charge < -0.3 is 10.6 Å². The number of nitrogen functional groups attached to an aromatic ring is 1. The van der Waals surface area contributed by atoms with Gasteiger partial charge in [-0.2, -0.15) is 4.98 Å². The summed E-state index contributed by atoms with van der Waals surface area (Å²) in [6.07, 6.45) is 1.75. The molecule has 0 saturated heterocycles. The summed E-state index contributed by atoms with van der Waals surface area (Å²) < 4.78 is 13.2. The third-order valence-corrected chi connectivity index (χ3v) is 4.06. The van der Waals surface area contributed by atoms with E-state index in [1.54, 1.807) is 18.3 Å². The molecule has 2 aromatic heterocycles. The molecule has 0 spiro atoms. The molecule has 3 aromatic rings. The highest BCUT2D eigenvalue weighted by Crippen LogP contribution is 2.20. The molecule has 25 heavy (non-hydrogen) atoms. The van der Waals surface area contributed by atoms with Crippen LogP contribution >= 0.6 is 0 Å². The number of halogens is 1. The lowest BCUT2D eigenvalue weighted by atomic mass is 10.2. The number of aryl methyl sites for hydroxylation is 1. The Hall–Kier alpha value is -3.02. The van der Waals surface area contributed by atoms with E-state index in [1.807, 2.05) is 36.9 Å². The van der Waals surface area contributed by atoms with Crippen molar-refractivity contribution in [3.8, 4) is 0 Å². The van der Waals surface area contributed by atoms with Gasteiger partial charge in [0.1, 0.15) is 11.6 Å². The van der Waals surface area contributed by atoms with Crippen molar-refractivity contribution in [2.75, 3.05) is 10.6 Å². The van der Waals surface area contributed by atoms with Crippen molar-refractivity contribution in [2.45, 2.75) is 26.9 Å². The molecule has 2 N–H and O–H groups in total. The average molecular weight is 337 g/mol. The number of benzene rings is 1. The van der Waals surface area contributed by atoms with Crippen molar-refractivity contribution < 1.29 is 4.39 Å². The van der Waals surface area contributed by atoms with E-state index >= 15 is 0 Å². The van der Waals surface area contributed by atoms with Gasteiger partial charge in [0, 0.05) is 24.0 Å². The first-order valence-corrected chi connectivity index (χ1v) is 8.03. The van der Waals surface area contributed by atoms with Crippen LogP contribution in [-0.4, -0.2) is 15.0 Å². The molecule has 3 rings (SSSR count). The minimum absolute atomic E-state index is 0.258. The van der Waals surface area contributed by atoms with Gasteiger partial charge in [0.25, 0.3) is 0 Å². The first-order chi connectivity index (χ1) is 12.0. The highest BCUT2D eigenvalue weighted by atomic mass is 19.1. The molecule has 0 aliphatic carbocycles. The predicted octanol–water partition coefficient (Wildman–Crippen LogP) is 3.42. The Morgan fingerprint density at radius 2 is 1.76 bits per heavy atom. The van der Waals surface area contributed by atoms with Crippen molar-refractivity contribution in [3.05, 3.63) is 77.0 Å². The second kappa shape index (κ2) is 7.25. The summed E-state index contributed by atoms with van der Waals surface area (Å²) in [5.41, 5.74) is 9.59. The largest absolute Gasteiger partial charge is 0.383 e. The number of nitrogens with zero attached hydrogens (tertiary/aromatic N) is 4. The van der Waals surface area contributed by atoms with Crippen LogP contribution in [0.2, 0.25) is 0 Å². The SMILES string of the molecule is Cc1nc(N(Cc2ccc(F)cc2)Cc2ccccn2)nc(N)c1C. The maximum atomic E-state index is 13.2. The van der Waals surface area contributed by atoms with Gasteiger partial charge in [0.2, 0.25) is 5.95 Å². The van der Waals surface area contributed by atoms with Crippen LogP contribution in [0.1, 0.15) is 22.5 Å². The zero-order valence-electron chi connectivity index (χ0n) is 14.3. The number of aromatic nitrogens is 3. The highest BCUT2D eigenvalue weighted by Gasteiger charge is 2.15. The zero-order chi connectivity index (χ0) is 17.8. The molecule has 5 nitrogen and oxygen atoms in total. The zero-order valence-corrected chi connectivity index (χ0v) is 14.3. The van der Waals surface area contributed by atoms with Gasteiger partial charge in [-0.15, -0.1) is 0 Å². The van der Waals surface area contributed by atoms with E-state index in [9.17, 15) is 4.39 Å². The third kappa shape index (κ3) is 4.09. The van der Waals surface area contributed by atoms with Crippen molar-refractivity contribution in [3.63, 3.8) is 0 Å². The molecule has 0 bridgehead atoms. The molecule has 0 saturated carbocycles. The van der Waals surface area contributed by atoms with Crippen LogP contribution in [0.5, 0.6) is 0 Å². The molecule has 6 heteroatoms. The number of rotatable bonds is 5. The summed E-state index contributed by atoms with van der Waals surface area (Å²) in [6.45, 7) is 4.87. The van der Waals surface area contributed by atoms with Crippen LogP contribution in [0.4, 0.5) is 16.2 Å². The van der Waals surface area contributed by atoms with Crippen LogP contribution in [-0.2, 0) is 13.1 Å². The van der Waals surface area contributed by atoms with E-state index in [4.69, 9.17) is 5.73 Å². The van der Waals surface area contributed by atoms with E-state index in [1.165, 1.54) is 12.1 Å². The van der Waals surface area contributed by atoms with Crippen LogP contribution in [0.3, 0.4) is 0 Å². The smallest absolute Gasteiger partial charge is 0.228 e. The predicted molar refractivity (Wildman–Crippen MR) is 96.4 cm³/mol. The van der Waals surface area contributed by atoms with Crippen LogP contribution < -0.4 is 10.6 Å². The van der Waals surface area contributed by atoms with E-state index in [2.05, 4.69) is 15.0 Å². The minimum Gasteiger partial charge on any atom is -0.383 e. The average Bonchev–Trinajstić information content (AvgIpc) is 2.61. The molecular weight excluding hydrogens is 317 g/mol.